The number of rotatable bonds is 11. The second-order valence-corrected chi connectivity index (χ2v) is 7.67. The van der Waals surface area contributed by atoms with Crippen LogP contribution in [0, 0.1) is 20.2 Å². The summed E-state index contributed by atoms with van der Waals surface area (Å²) in [4.78, 5) is 34.5. The Kier molecular flexibility index (Phi) is 8.55. The van der Waals surface area contributed by atoms with E-state index in [9.17, 15) is 25.0 Å². The monoisotopic (exact) mass is 448 g/mol. The van der Waals surface area contributed by atoms with Gasteiger partial charge in [-0.15, -0.1) is 10.2 Å². The van der Waals surface area contributed by atoms with Crippen LogP contribution in [0.4, 0.5) is 32.8 Å². The first-order valence-corrected chi connectivity index (χ1v) is 10.6. The van der Waals surface area contributed by atoms with Crippen molar-refractivity contribution in [3.8, 4) is 0 Å². The van der Waals surface area contributed by atoms with E-state index in [0.717, 1.165) is 44.1 Å². The molecule has 0 unspecified atom stereocenters. The van der Waals surface area contributed by atoms with Gasteiger partial charge in [0.25, 0.3) is 0 Å². The first-order chi connectivity index (χ1) is 14.8. The highest BCUT2D eigenvalue weighted by Gasteiger charge is 2.25. The Labute approximate surface area is 183 Å². The Morgan fingerprint density at radius 1 is 1.13 bits per heavy atom. The van der Waals surface area contributed by atoms with Gasteiger partial charge in [-0.25, -0.2) is 0 Å². The van der Waals surface area contributed by atoms with E-state index in [0.29, 0.717) is 17.0 Å². The summed E-state index contributed by atoms with van der Waals surface area (Å²) in [6.07, 6.45) is 3.27. The molecule has 166 valence electrons. The summed E-state index contributed by atoms with van der Waals surface area (Å²) >= 11 is 0.561. The Morgan fingerprint density at radius 2 is 1.87 bits per heavy atom. The van der Waals surface area contributed by atoms with Gasteiger partial charge in [-0.05, 0) is 42.9 Å². The molecular formula is C19H24N6O5S. The lowest BCUT2D eigenvalue weighted by Crippen LogP contribution is -2.24. The highest BCUT2D eigenvalue weighted by molar-refractivity contribution is 7.19. The minimum absolute atomic E-state index is 0.190. The number of nitrogens with one attached hydrogen (secondary N) is 1. The van der Waals surface area contributed by atoms with Crippen molar-refractivity contribution >= 4 is 50.0 Å². The minimum atomic E-state index is -0.745. The quantitative estimate of drug-likeness (QED) is 0.194. The molecule has 0 saturated carbocycles. The van der Waals surface area contributed by atoms with Gasteiger partial charge in [0.15, 0.2) is 0 Å². The van der Waals surface area contributed by atoms with Crippen LogP contribution in [0.3, 0.4) is 0 Å². The summed E-state index contributed by atoms with van der Waals surface area (Å²) in [6.45, 7) is 7.20. The summed E-state index contributed by atoms with van der Waals surface area (Å²) in [6, 6.07) is 6.11. The number of nitrogens with zero attached hydrogens (tertiary/aromatic N) is 5. The molecule has 0 fully saturated rings. The first-order valence-electron chi connectivity index (χ1n) is 9.77. The van der Waals surface area contributed by atoms with Crippen LogP contribution in [0.15, 0.2) is 34.5 Å². The molecule has 2 aromatic rings. The number of hydrogen-bond acceptors (Lipinski definition) is 9. The number of thiophene rings is 1. The van der Waals surface area contributed by atoms with Crippen LogP contribution in [0.5, 0.6) is 0 Å². The van der Waals surface area contributed by atoms with Crippen LogP contribution in [0.1, 0.15) is 40.0 Å². The van der Waals surface area contributed by atoms with Gasteiger partial charge in [0, 0.05) is 25.7 Å². The van der Waals surface area contributed by atoms with E-state index in [4.69, 9.17) is 0 Å². The molecule has 0 aliphatic carbocycles. The molecule has 2 rings (SSSR count). The molecule has 0 bridgehead atoms. The molecule has 1 aromatic carbocycles. The van der Waals surface area contributed by atoms with E-state index in [1.807, 2.05) is 13.0 Å². The highest BCUT2D eigenvalue weighted by Crippen LogP contribution is 2.42. The molecule has 1 N–H and O–H groups in total. The van der Waals surface area contributed by atoms with Crippen LogP contribution in [-0.4, -0.2) is 28.8 Å². The molecular weight excluding hydrogens is 424 g/mol. The number of azo groups is 1. The average Bonchev–Trinajstić information content (AvgIpc) is 3.15. The molecule has 0 radical (unpaired) electrons. The normalized spacial score (nSPS) is 10.9. The molecule has 1 heterocycles. The molecule has 0 spiro atoms. The van der Waals surface area contributed by atoms with Crippen LogP contribution < -0.4 is 10.2 Å². The van der Waals surface area contributed by atoms with Crippen molar-refractivity contribution in [3.63, 3.8) is 0 Å². The van der Waals surface area contributed by atoms with Crippen LogP contribution in [-0.2, 0) is 4.79 Å². The Morgan fingerprint density at radius 3 is 2.45 bits per heavy atom. The van der Waals surface area contributed by atoms with Crippen LogP contribution >= 0.6 is 11.3 Å². The van der Waals surface area contributed by atoms with Crippen molar-refractivity contribution in [1.29, 1.82) is 0 Å². The van der Waals surface area contributed by atoms with Gasteiger partial charge in [-0.3, -0.25) is 25.0 Å². The fourth-order valence-electron chi connectivity index (χ4n) is 2.87. The molecule has 0 atom stereocenters. The van der Waals surface area contributed by atoms with Crippen molar-refractivity contribution in [2.24, 2.45) is 10.2 Å². The number of carbonyl (C=O) groups is 1. The third-order valence-corrected chi connectivity index (χ3v) is 5.34. The summed E-state index contributed by atoms with van der Waals surface area (Å²) in [5.74, 6) is -0.305. The van der Waals surface area contributed by atoms with Crippen molar-refractivity contribution in [3.05, 3.63) is 44.5 Å². The molecule has 31 heavy (non-hydrogen) atoms. The van der Waals surface area contributed by atoms with Gasteiger partial charge >= 0.3 is 10.7 Å². The third-order valence-electron chi connectivity index (χ3n) is 4.38. The van der Waals surface area contributed by atoms with Gasteiger partial charge in [-0.1, -0.05) is 19.8 Å². The molecule has 0 aliphatic heterocycles. The zero-order valence-corrected chi connectivity index (χ0v) is 18.3. The zero-order valence-electron chi connectivity index (χ0n) is 17.5. The maximum absolute atomic E-state index is 11.7. The van der Waals surface area contributed by atoms with E-state index < -0.39 is 20.5 Å². The average molecular weight is 449 g/mol. The number of anilines is 2. The number of amides is 1. The molecule has 1 aromatic heterocycles. The first kappa shape index (κ1) is 23.9. The Balaban J connectivity index is 2.38. The summed E-state index contributed by atoms with van der Waals surface area (Å²) in [5.41, 5.74) is 1.09. The lowest BCUT2D eigenvalue weighted by Gasteiger charge is -2.24. The third kappa shape index (κ3) is 6.54. The predicted molar refractivity (Wildman–Crippen MR) is 120 cm³/mol. The molecule has 12 heteroatoms. The van der Waals surface area contributed by atoms with Crippen molar-refractivity contribution in [2.45, 2.75) is 40.0 Å². The molecule has 1 amide bonds. The Hall–Kier alpha value is -3.41. The maximum Gasteiger partial charge on any atom is 0.333 e. The molecule has 0 aliphatic rings. The maximum atomic E-state index is 11.7. The number of hydrogen-bond donors (Lipinski definition) is 1. The number of nitro groups is 2. The molecule has 0 saturated heterocycles. The molecule has 11 nitrogen and oxygen atoms in total. The van der Waals surface area contributed by atoms with Gasteiger partial charge in [0.2, 0.25) is 10.9 Å². The van der Waals surface area contributed by atoms with Crippen LogP contribution in [0.2, 0.25) is 0 Å². The Bertz CT molecular complexity index is 990. The second kappa shape index (κ2) is 11.1. The fourth-order valence-corrected chi connectivity index (χ4v) is 3.63. The number of carbonyl (C=O) groups excluding carboxylic acids is 1. The lowest BCUT2D eigenvalue weighted by atomic mass is 10.2. The van der Waals surface area contributed by atoms with Crippen LogP contribution in [0.25, 0.3) is 0 Å². The topological polar surface area (TPSA) is 143 Å². The predicted octanol–water partition coefficient (Wildman–Crippen LogP) is 5.95. The van der Waals surface area contributed by atoms with Crippen molar-refractivity contribution in [1.82, 2.24) is 0 Å². The summed E-state index contributed by atoms with van der Waals surface area (Å²) in [5, 5.41) is 32.1. The summed E-state index contributed by atoms with van der Waals surface area (Å²) < 4.78 is 0. The smallest absolute Gasteiger partial charge is 0.333 e. The van der Waals surface area contributed by atoms with E-state index in [-0.39, 0.29) is 16.6 Å². The van der Waals surface area contributed by atoms with E-state index >= 15 is 0 Å². The second-order valence-electron chi connectivity index (χ2n) is 6.66. The number of unbranched alkanes of at least 4 members (excludes halogenated alkanes) is 2. The van der Waals surface area contributed by atoms with Gasteiger partial charge in [-0.2, -0.15) is 0 Å². The van der Waals surface area contributed by atoms with Crippen molar-refractivity contribution < 1.29 is 14.6 Å². The van der Waals surface area contributed by atoms with Gasteiger partial charge in [0.05, 0.1) is 15.5 Å². The minimum Gasteiger partial charge on any atom is -0.372 e. The summed E-state index contributed by atoms with van der Waals surface area (Å²) in [7, 11) is 0. The number of benzene rings is 1. The fraction of sp³-hybridized carbons (Fsp3) is 0.421. The zero-order chi connectivity index (χ0) is 23.0. The van der Waals surface area contributed by atoms with Crippen molar-refractivity contribution in [2.75, 3.05) is 23.3 Å². The largest absolute Gasteiger partial charge is 0.372 e. The van der Waals surface area contributed by atoms with E-state index in [2.05, 4.69) is 27.4 Å². The standard InChI is InChI=1S/C19H24N6O5S/c1-4-6-7-10-23(5-2)14-8-9-15(16(11-14)20-13(3)26)21-22-19-17(24(27)28)12-18(31-19)25(29)30/h8-9,11-12H,4-7,10H2,1-3H3,(H,20,26). The van der Waals surface area contributed by atoms with E-state index in [1.54, 1.807) is 12.1 Å². The SMILES string of the molecule is CCCCCN(CC)c1ccc(N=Nc2sc([N+](=O)[O-])cc2[N+](=O)[O-])c(NC(C)=O)c1. The van der Waals surface area contributed by atoms with E-state index in [1.165, 1.54) is 6.92 Å². The van der Waals surface area contributed by atoms with Gasteiger partial charge in [0.1, 0.15) is 11.8 Å². The lowest BCUT2D eigenvalue weighted by molar-refractivity contribution is -0.389. The highest BCUT2D eigenvalue weighted by atomic mass is 32.1. The van der Waals surface area contributed by atoms with Gasteiger partial charge < -0.3 is 10.2 Å².